The monoisotopic (exact) mass is 110 g/mol. The van der Waals surface area contributed by atoms with Crippen LogP contribution in [0.1, 0.15) is 0 Å². The number of carbonyl (C=O) groups is 2. The summed E-state index contributed by atoms with van der Waals surface area (Å²) in [5.74, 6) is -0.466. The molecule has 0 saturated heterocycles. The topological polar surface area (TPSA) is 58.9 Å². The first-order valence-corrected chi connectivity index (χ1v) is 1.95. The van der Waals surface area contributed by atoms with Crippen LogP contribution in [0.4, 0.5) is 0 Å². The number of carbonyl (C=O) groups excluding carboxylic acids is 2. The van der Waals surface area contributed by atoms with E-state index in [9.17, 15) is 9.59 Å². The lowest BCUT2D eigenvalue weighted by atomic mass is 10.4. The van der Waals surface area contributed by atoms with E-state index in [-0.39, 0.29) is 5.70 Å². The molecule has 0 aromatic heterocycles. The van der Waals surface area contributed by atoms with E-state index < -0.39 is 5.91 Å². The van der Waals surface area contributed by atoms with Crippen molar-refractivity contribution < 1.29 is 9.59 Å². The Kier molecular flexibility index (Phi) is 0.997. The van der Waals surface area contributed by atoms with Gasteiger partial charge in [0.15, 0.2) is 6.29 Å². The highest BCUT2D eigenvalue weighted by atomic mass is 16.2. The summed E-state index contributed by atoms with van der Waals surface area (Å²) in [6.45, 7) is 0. The minimum atomic E-state index is -0.466. The Morgan fingerprint density at radius 3 is 2.50 bits per heavy atom. The molecule has 0 saturated carbocycles. The van der Waals surface area contributed by atoms with E-state index in [0.29, 0.717) is 6.29 Å². The predicted molar refractivity (Wildman–Crippen MR) is 24.0 cm³/mol. The lowest BCUT2D eigenvalue weighted by Gasteiger charge is -1.67. The summed E-state index contributed by atoms with van der Waals surface area (Å²) in [7, 11) is 0. The van der Waals surface area contributed by atoms with Crippen LogP contribution in [0.5, 0.6) is 0 Å². The second-order valence-corrected chi connectivity index (χ2v) is 1.23. The smallest absolute Gasteiger partial charge is 0.290 e. The van der Waals surface area contributed by atoms with Crippen LogP contribution in [0.2, 0.25) is 0 Å². The van der Waals surface area contributed by atoms with Crippen molar-refractivity contribution in [2.45, 2.75) is 0 Å². The van der Waals surface area contributed by atoms with E-state index in [1.807, 2.05) is 0 Å². The quantitative estimate of drug-likeness (QED) is 0.448. The largest absolute Gasteiger partial charge is 0.296 e. The van der Waals surface area contributed by atoms with Crippen molar-refractivity contribution in [1.82, 2.24) is 0 Å². The normalized spacial score (nSPS) is 16.5. The fraction of sp³-hybridized carbons (Fsp3) is 0. The average molecular weight is 110 g/mol. The Labute approximate surface area is 44.9 Å². The van der Waals surface area contributed by atoms with Gasteiger partial charge >= 0.3 is 0 Å². The molecule has 0 aliphatic carbocycles. The summed E-state index contributed by atoms with van der Waals surface area (Å²) in [5, 5.41) is 6.25. The van der Waals surface area contributed by atoms with Crippen LogP contribution < -0.4 is 0 Å². The first-order valence-electron chi connectivity index (χ1n) is 1.95. The van der Waals surface area contributed by atoms with Gasteiger partial charge in [-0.1, -0.05) is 0 Å². The number of hydrogen-bond donors (Lipinski definition) is 0. The average Bonchev–Trinajstić information content (AvgIpc) is 2.14. The molecule has 1 rings (SSSR count). The zero-order chi connectivity index (χ0) is 5.98. The summed E-state index contributed by atoms with van der Waals surface area (Å²) in [6.07, 6.45) is 1.56. The minimum Gasteiger partial charge on any atom is -0.296 e. The van der Waals surface area contributed by atoms with Crippen molar-refractivity contribution in [3.63, 3.8) is 0 Å². The lowest BCUT2D eigenvalue weighted by molar-refractivity contribution is -0.113. The minimum absolute atomic E-state index is 0.0926. The summed E-state index contributed by atoms with van der Waals surface area (Å²) >= 11 is 0. The first-order chi connectivity index (χ1) is 3.83. The molecule has 1 heterocycles. The number of rotatable bonds is 1. The van der Waals surface area contributed by atoms with Crippen LogP contribution in [0, 0.1) is 0 Å². The third-order valence-corrected chi connectivity index (χ3v) is 0.656. The van der Waals surface area contributed by atoms with Crippen LogP contribution in [-0.4, -0.2) is 12.2 Å². The van der Waals surface area contributed by atoms with Crippen LogP contribution in [-0.2, 0) is 9.59 Å². The molecule has 0 N–H and O–H groups in total. The summed E-state index contributed by atoms with van der Waals surface area (Å²) in [6, 6.07) is 0. The molecular weight excluding hydrogens is 108 g/mol. The van der Waals surface area contributed by atoms with E-state index in [0.717, 1.165) is 6.08 Å². The Balaban J connectivity index is 2.87. The molecule has 4 heteroatoms. The van der Waals surface area contributed by atoms with Gasteiger partial charge in [0.25, 0.3) is 5.91 Å². The maximum Gasteiger partial charge on any atom is 0.290 e. The van der Waals surface area contributed by atoms with Gasteiger partial charge in [0.2, 0.25) is 0 Å². The van der Waals surface area contributed by atoms with E-state index in [2.05, 4.69) is 10.2 Å². The molecular formula is C4H2N2O2. The summed E-state index contributed by atoms with van der Waals surface area (Å²) in [4.78, 5) is 19.9. The number of allylic oxidation sites excluding steroid dienone is 1. The number of azo groups is 1. The second-order valence-electron chi connectivity index (χ2n) is 1.23. The number of aldehydes is 1. The molecule has 0 aromatic carbocycles. The van der Waals surface area contributed by atoms with Gasteiger partial charge < -0.3 is 0 Å². The van der Waals surface area contributed by atoms with Crippen LogP contribution >= 0.6 is 0 Å². The van der Waals surface area contributed by atoms with Crippen molar-refractivity contribution in [1.29, 1.82) is 0 Å². The molecule has 1 amide bonds. The van der Waals surface area contributed by atoms with Gasteiger partial charge in [-0.15, -0.1) is 10.2 Å². The van der Waals surface area contributed by atoms with Crippen molar-refractivity contribution in [3.8, 4) is 0 Å². The Bertz CT molecular complexity index is 192. The highest BCUT2D eigenvalue weighted by Gasteiger charge is 2.04. The van der Waals surface area contributed by atoms with Crippen LogP contribution in [0.25, 0.3) is 0 Å². The van der Waals surface area contributed by atoms with Crippen molar-refractivity contribution in [3.05, 3.63) is 11.8 Å². The Morgan fingerprint density at radius 1 is 1.50 bits per heavy atom. The van der Waals surface area contributed by atoms with E-state index in [4.69, 9.17) is 0 Å². The molecule has 0 radical (unpaired) electrons. The van der Waals surface area contributed by atoms with Gasteiger partial charge in [-0.05, 0) is 0 Å². The highest BCUT2D eigenvalue weighted by Crippen LogP contribution is 2.01. The van der Waals surface area contributed by atoms with E-state index in [1.165, 1.54) is 0 Å². The Hall–Kier alpha value is -1.32. The molecule has 40 valence electrons. The molecule has 0 spiro atoms. The molecule has 4 nitrogen and oxygen atoms in total. The molecule has 0 atom stereocenters. The molecule has 1 aliphatic heterocycles. The van der Waals surface area contributed by atoms with Gasteiger partial charge in [-0.3, -0.25) is 9.59 Å². The van der Waals surface area contributed by atoms with Crippen molar-refractivity contribution in [2.24, 2.45) is 10.2 Å². The Morgan fingerprint density at radius 2 is 2.25 bits per heavy atom. The SMILES string of the molecule is O=CC1=CC(=O)N=N1. The van der Waals surface area contributed by atoms with Crippen molar-refractivity contribution >= 4 is 12.2 Å². The fourth-order valence-corrected chi connectivity index (χ4v) is 0.349. The maximum absolute atomic E-state index is 10.1. The molecule has 1 aliphatic rings. The van der Waals surface area contributed by atoms with Crippen molar-refractivity contribution in [2.75, 3.05) is 0 Å². The second kappa shape index (κ2) is 1.65. The zero-order valence-electron chi connectivity index (χ0n) is 3.87. The molecule has 0 aromatic rings. The number of hydrogen-bond acceptors (Lipinski definition) is 3. The van der Waals surface area contributed by atoms with E-state index >= 15 is 0 Å². The maximum atomic E-state index is 10.1. The van der Waals surface area contributed by atoms with Gasteiger partial charge in [-0.25, -0.2) is 0 Å². The predicted octanol–water partition coefficient (Wildman–Crippen LogP) is 0.0616. The third-order valence-electron chi connectivity index (χ3n) is 0.656. The summed E-state index contributed by atoms with van der Waals surface area (Å²) < 4.78 is 0. The first kappa shape index (κ1) is 4.83. The van der Waals surface area contributed by atoms with Gasteiger partial charge in [-0.2, -0.15) is 0 Å². The lowest BCUT2D eigenvalue weighted by Crippen LogP contribution is -1.78. The number of amides is 1. The number of nitrogens with zero attached hydrogens (tertiary/aromatic N) is 2. The van der Waals surface area contributed by atoms with Gasteiger partial charge in [0.05, 0.1) is 0 Å². The zero-order valence-corrected chi connectivity index (χ0v) is 3.87. The third kappa shape index (κ3) is 0.676. The molecule has 8 heavy (non-hydrogen) atoms. The fourth-order valence-electron chi connectivity index (χ4n) is 0.349. The van der Waals surface area contributed by atoms with Crippen LogP contribution in [0.3, 0.4) is 0 Å². The highest BCUT2D eigenvalue weighted by molar-refractivity contribution is 5.96. The summed E-state index contributed by atoms with van der Waals surface area (Å²) in [5.41, 5.74) is 0.0926. The molecule has 0 bridgehead atoms. The van der Waals surface area contributed by atoms with Crippen LogP contribution in [0.15, 0.2) is 22.0 Å². The van der Waals surface area contributed by atoms with Gasteiger partial charge in [0.1, 0.15) is 5.70 Å². The van der Waals surface area contributed by atoms with E-state index in [1.54, 1.807) is 0 Å². The molecule has 0 fully saturated rings. The molecule has 0 unspecified atom stereocenters. The standard InChI is InChI=1S/C4H2N2O2/c7-2-3-1-4(8)6-5-3/h1-2H. The van der Waals surface area contributed by atoms with Gasteiger partial charge in [0, 0.05) is 6.08 Å².